The number of anilines is 2. The summed E-state index contributed by atoms with van der Waals surface area (Å²) >= 11 is 0. The highest BCUT2D eigenvalue weighted by Gasteiger charge is 2.07. The van der Waals surface area contributed by atoms with Gasteiger partial charge in [0.15, 0.2) is 0 Å². The molecule has 0 spiro atoms. The second-order valence-electron chi connectivity index (χ2n) is 4.81. The van der Waals surface area contributed by atoms with Gasteiger partial charge in [-0.3, -0.25) is 0 Å². The van der Waals surface area contributed by atoms with Crippen LogP contribution in [0, 0.1) is 12.7 Å². The Morgan fingerprint density at radius 2 is 1.95 bits per heavy atom. The van der Waals surface area contributed by atoms with Crippen LogP contribution < -0.4 is 4.90 Å². The third kappa shape index (κ3) is 3.92. The molecule has 0 unspecified atom stereocenters. The average molecular weight is 285 g/mol. The van der Waals surface area contributed by atoms with Gasteiger partial charge in [0.1, 0.15) is 5.82 Å². The SMILES string of the molecule is Cc1cccc(N(C)c2cc(F)cc(/C=C/C(=O)O)c2)c1. The van der Waals surface area contributed by atoms with Crippen LogP contribution in [-0.2, 0) is 4.79 Å². The van der Waals surface area contributed by atoms with E-state index < -0.39 is 11.8 Å². The molecular weight excluding hydrogens is 269 g/mol. The zero-order valence-corrected chi connectivity index (χ0v) is 11.9. The Morgan fingerprint density at radius 3 is 2.62 bits per heavy atom. The molecule has 0 fully saturated rings. The van der Waals surface area contributed by atoms with Gasteiger partial charge in [0.25, 0.3) is 0 Å². The Balaban J connectivity index is 2.37. The number of aliphatic carboxylic acids is 1. The maximum Gasteiger partial charge on any atom is 0.328 e. The predicted molar refractivity (Wildman–Crippen MR) is 82.3 cm³/mol. The number of halogens is 1. The lowest BCUT2D eigenvalue weighted by atomic mass is 10.1. The van der Waals surface area contributed by atoms with Gasteiger partial charge in [-0.05, 0) is 54.5 Å². The van der Waals surface area contributed by atoms with Crippen molar-refractivity contribution in [3.05, 3.63) is 65.5 Å². The zero-order valence-electron chi connectivity index (χ0n) is 11.9. The third-order valence-electron chi connectivity index (χ3n) is 3.10. The van der Waals surface area contributed by atoms with Gasteiger partial charge in [-0.25, -0.2) is 9.18 Å². The van der Waals surface area contributed by atoms with Crippen LogP contribution in [0.1, 0.15) is 11.1 Å². The fourth-order valence-electron chi connectivity index (χ4n) is 2.04. The maximum atomic E-state index is 13.7. The summed E-state index contributed by atoms with van der Waals surface area (Å²) < 4.78 is 13.7. The molecule has 0 aromatic heterocycles. The standard InChI is InChI=1S/C17H16FNO2/c1-12-4-3-5-15(8-12)19(2)16-10-13(6-7-17(20)21)9-14(18)11-16/h3-11H,1-2H3,(H,20,21)/b7-6+. The average Bonchev–Trinajstić information content (AvgIpc) is 2.43. The number of aryl methyl sites for hydroxylation is 1. The monoisotopic (exact) mass is 285 g/mol. The van der Waals surface area contributed by atoms with Crippen molar-refractivity contribution >= 4 is 23.4 Å². The molecular formula is C17H16FNO2. The molecule has 1 N–H and O–H groups in total. The molecule has 0 bridgehead atoms. The van der Waals surface area contributed by atoms with Crippen molar-refractivity contribution in [2.45, 2.75) is 6.92 Å². The summed E-state index contributed by atoms with van der Waals surface area (Å²) in [5.74, 6) is -1.47. The Bertz CT molecular complexity index is 695. The van der Waals surface area contributed by atoms with E-state index in [9.17, 15) is 9.18 Å². The number of hydrogen-bond donors (Lipinski definition) is 1. The molecule has 0 saturated carbocycles. The molecule has 4 heteroatoms. The van der Waals surface area contributed by atoms with Crippen molar-refractivity contribution in [3.63, 3.8) is 0 Å². The summed E-state index contributed by atoms with van der Waals surface area (Å²) in [6.07, 6.45) is 2.37. The van der Waals surface area contributed by atoms with Crippen molar-refractivity contribution < 1.29 is 14.3 Å². The smallest absolute Gasteiger partial charge is 0.328 e. The Labute approximate surface area is 123 Å². The summed E-state index contributed by atoms with van der Waals surface area (Å²) in [4.78, 5) is 12.4. The van der Waals surface area contributed by atoms with Crippen molar-refractivity contribution in [3.8, 4) is 0 Å². The van der Waals surface area contributed by atoms with Crippen LogP contribution in [-0.4, -0.2) is 18.1 Å². The molecule has 2 aromatic carbocycles. The lowest BCUT2D eigenvalue weighted by molar-refractivity contribution is -0.131. The molecule has 0 heterocycles. The van der Waals surface area contributed by atoms with Gasteiger partial charge in [0.05, 0.1) is 0 Å². The van der Waals surface area contributed by atoms with E-state index in [0.29, 0.717) is 11.3 Å². The van der Waals surface area contributed by atoms with E-state index in [0.717, 1.165) is 17.3 Å². The summed E-state index contributed by atoms with van der Waals surface area (Å²) in [6.45, 7) is 1.99. The van der Waals surface area contributed by atoms with Gasteiger partial charge in [-0.2, -0.15) is 0 Å². The third-order valence-corrected chi connectivity index (χ3v) is 3.10. The van der Waals surface area contributed by atoms with Crippen LogP contribution in [0.4, 0.5) is 15.8 Å². The number of carboxylic acid groups (broad SMARTS) is 1. The molecule has 21 heavy (non-hydrogen) atoms. The minimum atomic E-state index is -1.06. The second-order valence-corrected chi connectivity index (χ2v) is 4.81. The quantitative estimate of drug-likeness (QED) is 0.863. The first-order chi connectivity index (χ1) is 9.95. The van der Waals surface area contributed by atoms with Crippen molar-refractivity contribution in [2.75, 3.05) is 11.9 Å². The number of rotatable bonds is 4. The first-order valence-electron chi connectivity index (χ1n) is 6.48. The molecule has 0 amide bonds. The molecule has 0 radical (unpaired) electrons. The van der Waals surface area contributed by atoms with Gasteiger partial charge in [-0.15, -0.1) is 0 Å². The van der Waals surface area contributed by atoms with Gasteiger partial charge >= 0.3 is 5.97 Å². The number of hydrogen-bond acceptors (Lipinski definition) is 2. The first-order valence-corrected chi connectivity index (χ1v) is 6.48. The minimum Gasteiger partial charge on any atom is -0.478 e. The molecule has 108 valence electrons. The normalized spacial score (nSPS) is 10.8. The van der Waals surface area contributed by atoms with E-state index in [4.69, 9.17) is 5.11 Å². The van der Waals surface area contributed by atoms with Crippen LogP contribution in [0.2, 0.25) is 0 Å². The van der Waals surface area contributed by atoms with Gasteiger partial charge < -0.3 is 10.0 Å². The van der Waals surface area contributed by atoms with Gasteiger partial charge in [0.2, 0.25) is 0 Å². The second kappa shape index (κ2) is 6.22. The van der Waals surface area contributed by atoms with E-state index in [1.165, 1.54) is 18.2 Å². The number of benzene rings is 2. The van der Waals surface area contributed by atoms with E-state index in [-0.39, 0.29) is 0 Å². The maximum absolute atomic E-state index is 13.7. The molecule has 2 aromatic rings. The summed E-state index contributed by atoms with van der Waals surface area (Å²) in [7, 11) is 1.84. The molecule has 2 rings (SSSR count). The van der Waals surface area contributed by atoms with E-state index >= 15 is 0 Å². The fourth-order valence-corrected chi connectivity index (χ4v) is 2.04. The van der Waals surface area contributed by atoms with Crippen LogP contribution in [0.5, 0.6) is 0 Å². The molecule has 0 aliphatic rings. The molecule has 3 nitrogen and oxygen atoms in total. The molecule has 0 aliphatic heterocycles. The largest absolute Gasteiger partial charge is 0.478 e. The molecule has 0 atom stereocenters. The summed E-state index contributed by atoms with van der Waals surface area (Å²) in [6, 6.07) is 12.3. The van der Waals surface area contributed by atoms with Crippen molar-refractivity contribution in [2.24, 2.45) is 0 Å². The Hall–Kier alpha value is -2.62. The topological polar surface area (TPSA) is 40.5 Å². The highest BCUT2D eigenvalue weighted by atomic mass is 19.1. The van der Waals surface area contributed by atoms with Crippen LogP contribution in [0.25, 0.3) is 6.08 Å². The lowest BCUT2D eigenvalue weighted by Gasteiger charge is -2.20. The number of carbonyl (C=O) groups is 1. The van der Waals surface area contributed by atoms with Crippen LogP contribution in [0.3, 0.4) is 0 Å². The van der Waals surface area contributed by atoms with Crippen molar-refractivity contribution in [1.29, 1.82) is 0 Å². The summed E-state index contributed by atoms with van der Waals surface area (Å²) in [5, 5.41) is 8.64. The summed E-state index contributed by atoms with van der Waals surface area (Å²) in [5.41, 5.74) is 3.22. The first kappa shape index (κ1) is 14.8. The van der Waals surface area contributed by atoms with E-state index in [2.05, 4.69) is 0 Å². The highest BCUT2D eigenvalue weighted by molar-refractivity contribution is 5.85. The number of carboxylic acids is 1. The van der Waals surface area contributed by atoms with Gasteiger partial charge in [-0.1, -0.05) is 12.1 Å². The lowest BCUT2D eigenvalue weighted by Crippen LogP contribution is -2.10. The molecule has 0 aliphatic carbocycles. The zero-order chi connectivity index (χ0) is 15.4. The van der Waals surface area contributed by atoms with Crippen LogP contribution >= 0.6 is 0 Å². The highest BCUT2D eigenvalue weighted by Crippen LogP contribution is 2.26. The Kier molecular flexibility index (Phi) is 4.38. The van der Waals surface area contributed by atoms with Crippen molar-refractivity contribution in [1.82, 2.24) is 0 Å². The van der Waals surface area contributed by atoms with E-state index in [1.807, 2.05) is 43.1 Å². The Morgan fingerprint density at radius 1 is 1.19 bits per heavy atom. The minimum absolute atomic E-state index is 0.406. The van der Waals surface area contributed by atoms with Crippen LogP contribution in [0.15, 0.2) is 48.5 Å². The number of nitrogens with zero attached hydrogens (tertiary/aromatic N) is 1. The van der Waals surface area contributed by atoms with Gasteiger partial charge in [0, 0.05) is 24.5 Å². The predicted octanol–water partition coefficient (Wildman–Crippen LogP) is 4.00. The fraction of sp³-hybridized carbons (Fsp3) is 0.118. The van der Waals surface area contributed by atoms with E-state index in [1.54, 1.807) is 6.07 Å². The molecule has 0 saturated heterocycles.